The average Bonchev–Trinajstić information content (AvgIpc) is 3.23. The third kappa shape index (κ3) is 4.18. The van der Waals surface area contributed by atoms with Gasteiger partial charge in [0.15, 0.2) is 6.61 Å². The highest BCUT2D eigenvalue weighted by Gasteiger charge is 2.24. The first-order valence-corrected chi connectivity index (χ1v) is 11.8. The zero-order valence-corrected chi connectivity index (χ0v) is 19.8. The molecule has 0 saturated heterocycles. The molecule has 3 N–H and O–H groups in total. The smallest absolute Gasteiger partial charge is 0.341 e. The number of carboxylic acid groups (broad SMARTS) is 1. The number of hydrogen-bond donors (Lipinski definition) is 2. The molecule has 6 nitrogen and oxygen atoms in total. The van der Waals surface area contributed by atoms with Crippen molar-refractivity contribution < 1.29 is 19.4 Å². The van der Waals surface area contributed by atoms with Gasteiger partial charge in [0.05, 0.1) is 22.5 Å². The lowest BCUT2D eigenvalue weighted by Crippen LogP contribution is -2.12. The number of carbonyl (C=O) groups excluding carboxylic acids is 1. The minimum atomic E-state index is -1.07. The molecule has 0 radical (unpaired) electrons. The average molecular weight is 479 g/mol. The van der Waals surface area contributed by atoms with Crippen LogP contribution in [0.2, 0.25) is 0 Å². The molecular formula is C30H26N2O4. The Labute approximate surface area is 208 Å². The SMILES string of the molecule is CC(c1ccccc1Cc1ccccc1)n1c2cccc(OCC(=O)O)c2c2c(C(N)=O)cccc21. The summed E-state index contributed by atoms with van der Waals surface area (Å²) < 4.78 is 7.84. The lowest BCUT2D eigenvalue weighted by atomic mass is 9.95. The van der Waals surface area contributed by atoms with Crippen LogP contribution in [-0.2, 0) is 11.2 Å². The molecule has 5 aromatic rings. The molecule has 1 amide bonds. The molecule has 0 aliphatic heterocycles. The van der Waals surface area contributed by atoms with Crippen LogP contribution < -0.4 is 10.5 Å². The minimum Gasteiger partial charge on any atom is -0.481 e. The number of primary amides is 1. The van der Waals surface area contributed by atoms with E-state index >= 15 is 0 Å². The molecule has 36 heavy (non-hydrogen) atoms. The summed E-state index contributed by atoms with van der Waals surface area (Å²) in [6.07, 6.45) is 0.790. The van der Waals surface area contributed by atoms with Crippen molar-refractivity contribution in [3.05, 3.63) is 113 Å². The Morgan fingerprint density at radius 3 is 2.25 bits per heavy atom. The van der Waals surface area contributed by atoms with Gasteiger partial charge in [-0.15, -0.1) is 0 Å². The predicted octanol–water partition coefficient (Wildman–Crippen LogP) is 5.56. The molecule has 1 unspecified atom stereocenters. The highest BCUT2D eigenvalue weighted by atomic mass is 16.5. The Bertz CT molecular complexity index is 1590. The normalized spacial score (nSPS) is 12.0. The van der Waals surface area contributed by atoms with E-state index in [-0.39, 0.29) is 6.04 Å². The summed E-state index contributed by atoms with van der Waals surface area (Å²) >= 11 is 0. The summed E-state index contributed by atoms with van der Waals surface area (Å²) in [6.45, 7) is 1.64. The number of carboxylic acids is 1. The number of fused-ring (bicyclic) bond motifs is 3. The van der Waals surface area contributed by atoms with Gasteiger partial charge in [-0.25, -0.2) is 4.79 Å². The number of benzene rings is 4. The fourth-order valence-electron chi connectivity index (χ4n) is 5.04. The van der Waals surface area contributed by atoms with Crippen molar-refractivity contribution in [3.8, 4) is 5.75 Å². The molecule has 0 saturated carbocycles. The third-order valence-electron chi connectivity index (χ3n) is 6.56. The fraction of sp³-hybridized carbons (Fsp3) is 0.133. The highest BCUT2D eigenvalue weighted by Crippen LogP contribution is 2.41. The lowest BCUT2D eigenvalue weighted by molar-refractivity contribution is -0.139. The Balaban J connectivity index is 1.74. The quantitative estimate of drug-likeness (QED) is 0.305. The summed E-state index contributed by atoms with van der Waals surface area (Å²) in [4.78, 5) is 23.6. The maximum atomic E-state index is 12.4. The van der Waals surface area contributed by atoms with E-state index in [4.69, 9.17) is 10.5 Å². The molecular weight excluding hydrogens is 452 g/mol. The van der Waals surface area contributed by atoms with E-state index in [1.165, 1.54) is 11.1 Å². The summed E-state index contributed by atoms with van der Waals surface area (Å²) in [7, 11) is 0. The molecule has 0 aliphatic carbocycles. The maximum absolute atomic E-state index is 12.4. The van der Waals surface area contributed by atoms with Crippen molar-refractivity contribution >= 4 is 33.7 Å². The Morgan fingerprint density at radius 1 is 0.861 bits per heavy atom. The van der Waals surface area contributed by atoms with Crippen LogP contribution in [0.3, 0.4) is 0 Å². The molecule has 1 atom stereocenters. The second-order valence-corrected chi connectivity index (χ2v) is 8.80. The van der Waals surface area contributed by atoms with Crippen molar-refractivity contribution in [2.75, 3.05) is 6.61 Å². The van der Waals surface area contributed by atoms with E-state index in [1.54, 1.807) is 12.1 Å². The van der Waals surface area contributed by atoms with Gasteiger partial charge >= 0.3 is 5.97 Å². The van der Waals surface area contributed by atoms with Gasteiger partial charge in [-0.1, -0.05) is 66.7 Å². The van der Waals surface area contributed by atoms with Crippen LogP contribution in [-0.4, -0.2) is 28.2 Å². The number of aliphatic carboxylic acids is 1. The summed E-state index contributed by atoms with van der Waals surface area (Å²) in [5, 5.41) is 10.5. The first-order chi connectivity index (χ1) is 17.5. The topological polar surface area (TPSA) is 94.6 Å². The Morgan fingerprint density at radius 2 is 1.53 bits per heavy atom. The second kappa shape index (κ2) is 9.58. The van der Waals surface area contributed by atoms with Crippen LogP contribution >= 0.6 is 0 Å². The summed E-state index contributed by atoms with van der Waals surface area (Å²) in [6, 6.07) is 29.6. The third-order valence-corrected chi connectivity index (χ3v) is 6.56. The van der Waals surface area contributed by atoms with Crippen LogP contribution in [0.15, 0.2) is 91.0 Å². The van der Waals surface area contributed by atoms with Crippen molar-refractivity contribution in [2.24, 2.45) is 5.73 Å². The maximum Gasteiger partial charge on any atom is 0.341 e. The van der Waals surface area contributed by atoms with Crippen LogP contribution in [0.5, 0.6) is 5.75 Å². The Kier molecular flexibility index (Phi) is 6.17. The molecule has 0 bridgehead atoms. The molecule has 1 aromatic heterocycles. The number of nitrogens with two attached hydrogens (primary N) is 1. The number of hydrogen-bond acceptors (Lipinski definition) is 3. The standard InChI is InChI=1S/C30H26N2O4/c1-19(22-12-6-5-11-21(22)17-20-9-3-2-4-10-20)32-24-14-7-13-23(30(31)35)28(24)29-25(32)15-8-16-26(29)36-18-27(33)34/h2-16,19H,17-18H2,1H3,(H2,31,35)(H,33,34). The molecule has 0 spiro atoms. The fourth-order valence-corrected chi connectivity index (χ4v) is 5.04. The highest BCUT2D eigenvalue weighted by molar-refractivity contribution is 6.19. The zero-order chi connectivity index (χ0) is 25.2. The largest absolute Gasteiger partial charge is 0.481 e. The van der Waals surface area contributed by atoms with E-state index in [2.05, 4.69) is 35.8 Å². The van der Waals surface area contributed by atoms with Crippen LogP contribution in [0, 0.1) is 0 Å². The number of ether oxygens (including phenoxy) is 1. The number of carbonyl (C=O) groups is 2. The van der Waals surface area contributed by atoms with E-state index in [0.717, 1.165) is 23.0 Å². The molecule has 180 valence electrons. The van der Waals surface area contributed by atoms with Crippen molar-refractivity contribution in [3.63, 3.8) is 0 Å². The van der Waals surface area contributed by atoms with Crippen LogP contribution in [0.25, 0.3) is 21.8 Å². The van der Waals surface area contributed by atoms with Crippen LogP contribution in [0.4, 0.5) is 0 Å². The molecule has 4 aromatic carbocycles. The van der Waals surface area contributed by atoms with E-state index in [0.29, 0.717) is 22.1 Å². The van der Waals surface area contributed by atoms with E-state index < -0.39 is 18.5 Å². The molecule has 0 fully saturated rings. The number of aromatic nitrogens is 1. The van der Waals surface area contributed by atoms with Gasteiger partial charge in [0, 0.05) is 10.9 Å². The molecule has 6 heteroatoms. The first-order valence-electron chi connectivity index (χ1n) is 11.8. The van der Waals surface area contributed by atoms with Gasteiger partial charge in [-0.3, -0.25) is 4.79 Å². The van der Waals surface area contributed by atoms with Gasteiger partial charge in [-0.2, -0.15) is 0 Å². The van der Waals surface area contributed by atoms with E-state index in [9.17, 15) is 14.7 Å². The number of nitrogens with zero attached hydrogens (tertiary/aromatic N) is 1. The predicted molar refractivity (Wildman–Crippen MR) is 141 cm³/mol. The van der Waals surface area contributed by atoms with Crippen molar-refractivity contribution in [1.29, 1.82) is 0 Å². The molecule has 5 rings (SSSR count). The van der Waals surface area contributed by atoms with Gasteiger partial charge in [0.2, 0.25) is 5.91 Å². The van der Waals surface area contributed by atoms with Gasteiger partial charge in [0.1, 0.15) is 5.75 Å². The summed E-state index contributed by atoms with van der Waals surface area (Å²) in [5.41, 5.74) is 11.4. The van der Waals surface area contributed by atoms with Gasteiger partial charge in [0.25, 0.3) is 0 Å². The number of rotatable bonds is 8. The van der Waals surface area contributed by atoms with Gasteiger partial charge < -0.3 is 20.1 Å². The number of amides is 1. The van der Waals surface area contributed by atoms with Gasteiger partial charge in [-0.05, 0) is 54.3 Å². The van der Waals surface area contributed by atoms with Crippen molar-refractivity contribution in [2.45, 2.75) is 19.4 Å². The van der Waals surface area contributed by atoms with Crippen LogP contribution in [0.1, 0.15) is 40.0 Å². The minimum absolute atomic E-state index is 0.0947. The van der Waals surface area contributed by atoms with Crippen molar-refractivity contribution in [1.82, 2.24) is 4.57 Å². The zero-order valence-electron chi connectivity index (χ0n) is 19.8. The molecule has 0 aliphatic rings. The van der Waals surface area contributed by atoms with E-state index in [1.807, 2.05) is 54.6 Å². The Hall–Kier alpha value is -4.58. The summed E-state index contributed by atoms with van der Waals surface area (Å²) in [5.74, 6) is -1.23. The monoisotopic (exact) mass is 478 g/mol. The first kappa shape index (κ1) is 23.2. The lowest BCUT2D eigenvalue weighted by Gasteiger charge is -2.21. The molecule has 1 heterocycles. The second-order valence-electron chi connectivity index (χ2n) is 8.80.